The van der Waals surface area contributed by atoms with Crippen molar-refractivity contribution in [1.82, 2.24) is 5.32 Å². The van der Waals surface area contributed by atoms with E-state index in [1.165, 1.54) is 12.1 Å². The second kappa shape index (κ2) is 6.65. The number of hydrogen-bond acceptors (Lipinski definition) is 4. The lowest BCUT2D eigenvalue weighted by Crippen LogP contribution is -2.36. The summed E-state index contributed by atoms with van der Waals surface area (Å²) >= 11 is 0. The van der Waals surface area contributed by atoms with Crippen LogP contribution in [-0.4, -0.2) is 31.1 Å². The number of nitro benzene ring substituents is 1. The first-order valence-corrected chi connectivity index (χ1v) is 7.01. The van der Waals surface area contributed by atoms with Gasteiger partial charge in [-0.25, -0.2) is 4.39 Å². The first-order valence-electron chi connectivity index (χ1n) is 7.01. The van der Waals surface area contributed by atoms with E-state index < -0.39 is 10.7 Å². The fourth-order valence-electron chi connectivity index (χ4n) is 2.68. The first kappa shape index (κ1) is 14.7. The van der Waals surface area contributed by atoms with E-state index in [-0.39, 0.29) is 5.69 Å². The summed E-state index contributed by atoms with van der Waals surface area (Å²) in [6.45, 7) is 5.27. The number of hydrogen-bond donors (Lipinski definition) is 1. The van der Waals surface area contributed by atoms with Crippen molar-refractivity contribution in [3.8, 4) is 0 Å². The molecule has 1 aliphatic heterocycles. The molecule has 0 aromatic heterocycles. The first-order chi connectivity index (χ1) is 9.61. The summed E-state index contributed by atoms with van der Waals surface area (Å²) in [5, 5.41) is 14.4. The van der Waals surface area contributed by atoms with Gasteiger partial charge in [0.25, 0.3) is 5.69 Å². The second-order valence-corrected chi connectivity index (χ2v) is 5.12. The van der Waals surface area contributed by atoms with Crippen molar-refractivity contribution < 1.29 is 9.31 Å². The van der Waals surface area contributed by atoms with Crippen molar-refractivity contribution in [1.29, 1.82) is 0 Å². The second-order valence-electron chi connectivity index (χ2n) is 5.12. The minimum absolute atomic E-state index is 0.0258. The summed E-state index contributed by atoms with van der Waals surface area (Å²) in [6, 6.07) is 3.65. The number of piperidine rings is 1. The molecule has 110 valence electrons. The molecule has 0 atom stereocenters. The smallest absolute Gasteiger partial charge is 0.292 e. The Balaban J connectivity index is 2.21. The van der Waals surface area contributed by atoms with Gasteiger partial charge in [0.15, 0.2) is 0 Å². The molecular formula is C14H20FN3O2. The average molecular weight is 281 g/mol. The van der Waals surface area contributed by atoms with Crippen molar-refractivity contribution >= 4 is 11.4 Å². The Morgan fingerprint density at radius 2 is 2.15 bits per heavy atom. The zero-order valence-corrected chi connectivity index (χ0v) is 11.6. The lowest BCUT2D eigenvalue weighted by molar-refractivity contribution is -0.384. The molecule has 6 heteroatoms. The number of rotatable bonds is 5. The summed E-state index contributed by atoms with van der Waals surface area (Å²) in [4.78, 5) is 12.6. The predicted octanol–water partition coefficient (Wildman–Crippen LogP) is 2.56. The van der Waals surface area contributed by atoms with Gasteiger partial charge < -0.3 is 10.2 Å². The van der Waals surface area contributed by atoms with E-state index in [4.69, 9.17) is 0 Å². The Morgan fingerprint density at radius 3 is 2.75 bits per heavy atom. The van der Waals surface area contributed by atoms with E-state index in [9.17, 15) is 14.5 Å². The van der Waals surface area contributed by atoms with Crippen LogP contribution in [0.15, 0.2) is 18.2 Å². The van der Waals surface area contributed by atoms with Gasteiger partial charge in [0.1, 0.15) is 11.5 Å². The summed E-state index contributed by atoms with van der Waals surface area (Å²) < 4.78 is 13.4. The van der Waals surface area contributed by atoms with Crippen molar-refractivity contribution in [3.63, 3.8) is 0 Å². The van der Waals surface area contributed by atoms with Gasteiger partial charge in [-0.15, -0.1) is 0 Å². The molecule has 20 heavy (non-hydrogen) atoms. The van der Waals surface area contributed by atoms with E-state index in [1.54, 1.807) is 0 Å². The molecule has 0 aliphatic carbocycles. The third-order valence-electron chi connectivity index (χ3n) is 3.79. The number of nitro groups is 1. The van der Waals surface area contributed by atoms with Crippen molar-refractivity contribution in [2.24, 2.45) is 5.92 Å². The quantitative estimate of drug-likeness (QED) is 0.665. The SMILES string of the molecule is CCN(CC1CCNCC1)c1cc(F)ccc1[N+](=O)[O-]. The fourth-order valence-corrected chi connectivity index (χ4v) is 2.68. The molecule has 1 fully saturated rings. The van der Waals surface area contributed by atoms with Crippen molar-refractivity contribution in [2.45, 2.75) is 19.8 Å². The van der Waals surface area contributed by atoms with E-state index in [0.29, 0.717) is 18.2 Å². The van der Waals surface area contributed by atoms with Crippen LogP contribution >= 0.6 is 0 Å². The number of benzene rings is 1. The zero-order chi connectivity index (χ0) is 14.5. The lowest BCUT2D eigenvalue weighted by atomic mass is 9.97. The average Bonchev–Trinajstić information content (AvgIpc) is 2.45. The summed E-state index contributed by atoms with van der Waals surface area (Å²) in [5.74, 6) is 0.0634. The molecule has 0 saturated carbocycles. The third kappa shape index (κ3) is 3.45. The summed E-state index contributed by atoms with van der Waals surface area (Å²) in [5.41, 5.74) is 0.359. The molecule has 1 saturated heterocycles. The van der Waals surface area contributed by atoms with Crippen LogP contribution in [0.4, 0.5) is 15.8 Å². The van der Waals surface area contributed by atoms with Gasteiger partial charge in [-0.3, -0.25) is 10.1 Å². The summed E-state index contributed by atoms with van der Waals surface area (Å²) in [7, 11) is 0. The van der Waals surface area contributed by atoms with Crippen LogP contribution in [0.5, 0.6) is 0 Å². The minimum atomic E-state index is -0.445. The largest absolute Gasteiger partial charge is 0.366 e. The van der Waals surface area contributed by atoms with Crippen LogP contribution in [-0.2, 0) is 0 Å². The van der Waals surface area contributed by atoms with Gasteiger partial charge >= 0.3 is 0 Å². The molecule has 0 amide bonds. The third-order valence-corrected chi connectivity index (χ3v) is 3.79. The lowest BCUT2D eigenvalue weighted by Gasteiger charge is -2.30. The topological polar surface area (TPSA) is 58.4 Å². The molecule has 0 spiro atoms. The molecule has 1 heterocycles. The van der Waals surface area contributed by atoms with Crippen LogP contribution in [0.3, 0.4) is 0 Å². The Morgan fingerprint density at radius 1 is 1.45 bits per heavy atom. The standard InChI is InChI=1S/C14H20FN3O2/c1-2-17(10-11-5-7-16-8-6-11)14-9-12(15)3-4-13(14)18(19)20/h3-4,9,11,16H,2,5-8,10H2,1H3. The van der Waals surface area contributed by atoms with Gasteiger partial charge in [0.2, 0.25) is 0 Å². The van der Waals surface area contributed by atoms with E-state index in [0.717, 1.165) is 38.5 Å². The number of nitrogens with zero attached hydrogens (tertiary/aromatic N) is 2. The molecule has 5 nitrogen and oxygen atoms in total. The molecule has 2 rings (SSSR count). The maximum atomic E-state index is 13.4. The molecular weight excluding hydrogens is 261 g/mol. The predicted molar refractivity (Wildman–Crippen MR) is 76.5 cm³/mol. The molecule has 1 aliphatic rings. The summed E-state index contributed by atoms with van der Waals surface area (Å²) in [6.07, 6.45) is 2.11. The van der Waals surface area contributed by atoms with Gasteiger partial charge in [-0.2, -0.15) is 0 Å². The van der Waals surface area contributed by atoms with Gasteiger partial charge in [-0.05, 0) is 44.8 Å². The Kier molecular flexibility index (Phi) is 4.89. The highest BCUT2D eigenvalue weighted by Crippen LogP contribution is 2.30. The van der Waals surface area contributed by atoms with Crippen molar-refractivity contribution in [2.75, 3.05) is 31.1 Å². The zero-order valence-electron chi connectivity index (χ0n) is 11.6. The molecule has 0 unspecified atom stereocenters. The van der Waals surface area contributed by atoms with Crippen LogP contribution < -0.4 is 10.2 Å². The molecule has 1 aromatic carbocycles. The Labute approximate surface area is 117 Å². The van der Waals surface area contributed by atoms with Gasteiger partial charge in [-0.1, -0.05) is 0 Å². The van der Waals surface area contributed by atoms with Gasteiger partial charge in [0, 0.05) is 25.2 Å². The van der Waals surface area contributed by atoms with Crippen molar-refractivity contribution in [3.05, 3.63) is 34.1 Å². The monoisotopic (exact) mass is 281 g/mol. The highest BCUT2D eigenvalue weighted by molar-refractivity contribution is 5.63. The Bertz CT molecular complexity index is 475. The van der Waals surface area contributed by atoms with Gasteiger partial charge in [0.05, 0.1) is 4.92 Å². The molecule has 1 N–H and O–H groups in total. The fraction of sp³-hybridized carbons (Fsp3) is 0.571. The Hall–Kier alpha value is -1.69. The van der Waals surface area contributed by atoms with Crippen LogP contribution in [0.2, 0.25) is 0 Å². The van der Waals surface area contributed by atoms with Crippen LogP contribution in [0, 0.1) is 21.8 Å². The molecule has 0 radical (unpaired) electrons. The normalized spacial score (nSPS) is 16.1. The number of halogens is 1. The highest BCUT2D eigenvalue weighted by atomic mass is 19.1. The molecule has 1 aromatic rings. The van der Waals surface area contributed by atoms with E-state index >= 15 is 0 Å². The van der Waals surface area contributed by atoms with E-state index in [1.807, 2.05) is 11.8 Å². The maximum absolute atomic E-state index is 13.4. The van der Waals surface area contributed by atoms with Crippen LogP contribution in [0.1, 0.15) is 19.8 Å². The number of anilines is 1. The molecule has 0 bridgehead atoms. The number of nitrogens with one attached hydrogen (secondary N) is 1. The van der Waals surface area contributed by atoms with E-state index in [2.05, 4.69) is 5.32 Å². The minimum Gasteiger partial charge on any atom is -0.366 e. The maximum Gasteiger partial charge on any atom is 0.292 e. The van der Waals surface area contributed by atoms with Crippen LogP contribution in [0.25, 0.3) is 0 Å². The highest BCUT2D eigenvalue weighted by Gasteiger charge is 2.22.